The zero-order valence-corrected chi connectivity index (χ0v) is 6.34. The Hall–Kier alpha value is -0.640. The molecule has 1 atom stereocenters. The van der Waals surface area contributed by atoms with Crippen LogP contribution in [-0.2, 0) is 9.53 Å². The van der Waals surface area contributed by atoms with Crippen molar-refractivity contribution in [2.75, 3.05) is 6.61 Å². The van der Waals surface area contributed by atoms with Gasteiger partial charge in [0.2, 0.25) is 0 Å². The fraction of sp³-hybridized carbons (Fsp3) is 0.857. The second kappa shape index (κ2) is 2.77. The summed E-state index contributed by atoms with van der Waals surface area (Å²) in [6, 6.07) is 0. The highest BCUT2D eigenvalue weighted by Crippen LogP contribution is 2.39. The molecule has 1 saturated carbocycles. The van der Waals surface area contributed by atoms with Crippen molar-refractivity contribution in [3.05, 3.63) is 0 Å². The van der Waals surface area contributed by atoms with Crippen molar-refractivity contribution in [2.24, 2.45) is 0 Å². The number of alkyl halides is 1. The molecule has 0 aromatic rings. The predicted molar refractivity (Wildman–Crippen MR) is 35.7 cm³/mol. The lowest BCUT2D eigenvalue weighted by Gasteiger charge is -2.07. The molecule has 1 rings (SSSR count). The summed E-state index contributed by atoms with van der Waals surface area (Å²) in [5.74, 6) is -0.756. The van der Waals surface area contributed by atoms with Gasteiger partial charge in [-0.2, -0.15) is 0 Å². The van der Waals surface area contributed by atoms with Gasteiger partial charge < -0.3 is 9.84 Å². The zero-order chi connectivity index (χ0) is 8.48. The number of esters is 1. The van der Waals surface area contributed by atoms with E-state index in [1.54, 1.807) is 0 Å². The molecule has 0 aromatic heterocycles. The van der Waals surface area contributed by atoms with Crippen molar-refractivity contribution >= 4 is 5.97 Å². The standard InChI is InChI=1S/C7H11FO3/c1-5(9)6(10)11-4-7(8)2-3-7/h5,9H,2-4H2,1H3. The molecule has 0 bridgehead atoms. The molecule has 1 aliphatic carbocycles. The first kappa shape index (κ1) is 8.46. The summed E-state index contributed by atoms with van der Waals surface area (Å²) in [5.41, 5.74) is -1.29. The molecule has 0 heterocycles. The Morgan fingerprint density at radius 1 is 1.82 bits per heavy atom. The van der Waals surface area contributed by atoms with Crippen molar-refractivity contribution in [1.29, 1.82) is 0 Å². The molecule has 0 aromatic carbocycles. The maximum atomic E-state index is 12.8. The highest BCUT2D eigenvalue weighted by Gasteiger charge is 2.44. The monoisotopic (exact) mass is 162 g/mol. The molecule has 64 valence electrons. The molecule has 3 nitrogen and oxygen atoms in total. The number of aliphatic hydroxyl groups excluding tert-OH is 1. The van der Waals surface area contributed by atoms with E-state index in [1.807, 2.05) is 0 Å². The zero-order valence-electron chi connectivity index (χ0n) is 6.34. The van der Waals surface area contributed by atoms with E-state index in [4.69, 9.17) is 5.11 Å². The number of carbonyl (C=O) groups is 1. The van der Waals surface area contributed by atoms with Gasteiger partial charge in [0.1, 0.15) is 18.4 Å². The minimum atomic E-state index is -1.29. The van der Waals surface area contributed by atoms with Crippen LogP contribution < -0.4 is 0 Å². The van der Waals surface area contributed by atoms with Gasteiger partial charge in [-0.25, -0.2) is 9.18 Å². The van der Waals surface area contributed by atoms with Gasteiger partial charge in [-0.05, 0) is 19.8 Å². The van der Waals surface area contributed by atoms with Gasteiger partial charge in [0.25, 0.3) is 0 Å². The minimum absolute atomic E-state index is 0.212. The molecular weight excluding hydrogens is 151 g/mol. The number of rotatable bonds is 3. The summed E-state index contributed by atoms with van der Waals surface area (Å²) < 4.78 is 17.2. The maximum Gasteiger partial charge on any atom is 0.334 e. The molecule has 1 aliphatic rings. The van der Waals surface area contributed by atoms with E-state index >= 15 is 0 Å². The molecule has 11 heavy (non-hydrogen) atoms. The van der Waals surface area contributed by atoms with Crippen LogP contribution in [0.5, 0.6) is 0 Å². The Morgan fingerprint density at radius 3 is 2.73 bits per heavy atom. The summed E-state index contributed by atoms with van der Waals surface area (Å²) in [5, 5.41) is 8.64. The van der Waals surface area contributed by atoms with Crippen molar-refractivity contribution in [3.8, 4) is 0 Å². The number of aliphatic hydroxyl groups is 1. The van der Waals surface area contributed by atoms with Crippen LogP contribution in [0.15, 0.2) is 0 Å². The van der Waals surface area contributed by atoms with E-state index in [0.717, 1.165) is 0 Å². The third kappa shape index (κ3) is 2.46. The Bertz CT molecular complexity index is 163. The van der Waals surface area contributed by atoms with Crippen LogP contribution >= 0.6 is 0 Å². The summed E-state index contributed by atoms with van der Waals surface area (Å²) in [6.45, 7) is 1.08. The van der Waals surface area contributed by atoms with E-state index in [0.29, 0.717) is 12.8 Å². The number of halogens is 1. The smallest absolute Gasteiger partial charge is 0.334 e. The molecule has 1 N–H and O–H groups in total. The first-order valence-corrected chi connectivity index (χ1v) is 3.57. The molecule has 0 spiro atoms. The Labute approximate surface area is 64.2 Å². The van der Waals surface area contributed by atoms with Gasteiger partial charge >= 0.3 is 5.97 Å². The van der Waals surface area contributed by atoms with E-state index in [9.17, 15) is 9.18 Å². The molecule has 1 fully saturated rings. The van der Waals surface area contributed by atoms with Crippen molar-refractivity contribution < 1.29 is 19.0 Å². The summed E-state index contributed by atoms with van der Waals surface area (Å²) >= 11 is 0. The lowest BCUT2D eigenvalue weighted by Crippen LogP contribution is -2.23. The Kier molecular flexibility index (Phi) is 2.13. The summed E-state index contributed by atoms with van der Waals surface area (Å²) in [6.07, 6.45) is -0.238. The molecule has 1 unspecified atom stereocenters. The average molecular weight is 162 g/mol. The predicted octanol–water partition coefficient (Wildman–Crippen LogP) is 0.412. The summed E-state index contributed by atoms with van der Waals surface area (Å²) in [7, 11) is 0. The third-order valence-electron chi connectivity index (χ3n) is 1.61. The topological polar surface area (TPSA) is 46.5 Å². The van der Waals surface area contributed by atoms with Gasteiger partial charge in [-0.3, -0.25) is 0 Å². The quantitative estimate of drug-likeness (QED) is 0.611. The highest BCUT2D eigenvalue weighted by molar-refractivity contribution is 5.73. The lowest BCUT2D eigenvalue weighted by atomic mass is 10.4. The van der Waals surface area contributed by atoms with Crippen LogP contribution in [0.3, 0.4) is 0 Å². The second-order valence-electron chi connectivity index (χ2n) is 2.93. The van der Waals surface area contributed by atoms with Crippen LogP contribution in [0, 0.1) is 0 Å². The van der Waals surface area contributed by atoms with Crippen LogP contribution in [0.4, 0.5) is 4.39 Å². The van der Waals surface area contributed by atoms with Crippen molar-refractivity contribution in [1.82, 2.24) is 0 Å². The molecule has 0 radical (unpaired) electrons. The fourth-order valence-corrected chi connectivity index (χ4v) is 0.601. The normalized spacial score (nSPS) is 22.5. The molecule has 0 aliphatic heterocycles. The number of hydrogen-bond acceptors (Lipinski definition) is 3. The highest BCUT2D eigenvalue weighted by atomic mass is 19.1. The van der Waals surface area contributed by atoms with Gasteiger partial charge in [0.05, 0.1) is 0 Å². The Morgan fingerprint density at radius 2 is 2.36 bits per heavy atom. The molecular formula is C7H11FO3. The summed E-state index contributed by atoms with van der Waals surface area (Å²) in [4.78, 5) is 10.6. The number of hydrogen-bond donors (Lipinski definition) is 1. The van der Waals surface area contributed by atoms with Crippen LogP contribution in [0.1, 0.15) is 19.8 Å². The lowest BCUT2D eigenvalue weighted by molar-refractivity contribution is -0.154. The van der Waals surface area contributed by atoms with Crippen LogP contribution in [-0.4, -0.2) is 29.5 Å². The van der Waals surface area contributed by atoms with Crippen LogP contribution in [0.2, 0.25) is 0 Å². The van der Waals surface area contributed by atoms with E-state index in [1.165, 1.54) is 6.92 Å². The van der Waals surface area contributed by atoms with Crippen LogP contribution in [0.25, 0.3) is 0 Å². The molecule has 0 saturated heterocycles. The minimum Gasteiger partial charge on any atom is -0.460 e. The largest absolute Gasteiger partial charge is 0.460 e. The number of carbonyl (C=O) groups excluding carboxylic acids is 1. The van der Waals surface area contributed by atoms with E-state index in [2.05, 4.69) is 4.74 Å². The SMILES string of the molecule is CC(O)C(=O)OCC1(F)CC1. The maximum absolute atomic E-state index is 12.8. The van der Waals surface area contributed by atoms with Crippen molar-refractivity contribution in [3.63, 3.8) is 0 Å². The second-order valence-corrected chi connectivity index (χ2v) is 2.93. The molecule has 4 heteroatoms. The van der Waals surface area contributed by atoms with E-state index < -0.39 is 17.7 Å². The van der Waals surface area contributed by atoms with Gasteiger partial charge in [0.15, 0.2) is 0 Å². The average Bonchev–Trinajstić information content (AvgIpc) is 2.64. The first-order valence-electron chi connectivity index (χ1n) is 3.57. The van der Waals surface area contributed by atoms with Gasteiger partial charge in [0, 0.05) is 0 Å². The first-order chi connectivity index (χ1) is 5.03. The third-order valence-corrected chi connectivity index (χ3v) is 1.61. The fourth-order valence-electron chi connectivity index (χ4n) is 0.601. The number of ether oxygens (including phenoxy) is 1. The Balaban J connectivity index is 2.16. The van der Waals surface area contributed by atoms with E-state index in [-0.39, 0.29) is 6.61 Å². The molecule has 0 amide bonds. The van der Waals surface area contributed by atoms with Gasteiger partial charge in [-0.15, -0.1) is 0 Å². The van der Waals surface area contributed by atoms with Gasteiger partial charge in [-0.1, -0.05) is 0 Å². The van der Waals surface area contributed by atoms with Crippen molar-refractivity contribution in [2.45, 2.75) is 31.5 Å².